The number of aromatic nitrogens is 3. The maximum atomic E-state index is 15.8. The van der Waals surface area contributed by atoms with Crippen LogP contribution >= 0.6 is 0 Å². The van der Waals surface area contributed by atoms with Crippen LogP contribution in [0.25, 0.3) is 32.9 Å². The van der Waals surface area contributed by atoms with Crippen LogP contribution in [0.4, 0.5) is 10.2 Å². The van der Waals surface area contributed by atoms with Crippen LogP contribution in [0.15, 0.2) is 42.9 Å². The van der Waals surface area contributed by atoms with Crippen molar-refractivity contribution in [2.24, 2.45) is 0 Å². The van der Waals surface area contributed by atoms with Crippen molar-refractivity contribution < 1.29 is 9.50 Å². The normalized spacial score (nSPS) is 20.1. The molecular formula is C25H20FN5O. The minimum Gasteiger partial charge on any atom is -0.508 e. The maximum Gasteiger partial charge on any atom is 0.175 e. The van der Waals surface area contributed by atoms with Crippen molar-refractivity contribution in [2.75, 3.05) is 18.0 Å². The predicted octanol–water partition coefficient (Wildman–Crippen LogP) is 3.61. The van der Waals surface area contributed by atoms with Gasteiger partial charge in [-0.1, -0.05) is 18.1 Å². The molecule has 2 saturated heterocycles. The molecule has 4 aromatic rings. The van der Waals surface area contributed by atoms with Crippen LogP contribution in [0.1, 0.15) is 18.4 Å². The third-order valence-corrected chi connectivity index (χ3v) is 6.49. The van der Waals surface area contributed by atoms with Gasteiger partial charge < -0.3 is 15.3 Å². The van der Waals surface area contributed by atoms with E-state index in [0.29, 0.717) is 39.8 Å². The number of phenolic OH excluding ortho intramolecular Hbond substituents is 1. The summed E-state index contributed by atoms with van der Waals surface area (Å²) in [5.41, 5.74) is 1.36. The SMILES string of the molecule is C#Cc1cccc2cc(O)cc(-c3ncc4c(N5CC6CCC(C5)N6)ncnc4c3F)c12. The highest BCUT2D eigenvalue weighted by Crippen LogP contribution is 2.37. The van der Waals surface area contributed by atoms with E-state index in [0.717, 1.165) is 31.3 Å². The summed E-state index contributed by atoms with van der Waals surface area (Å²) >= 11 is 0. The van der Waals surface area contributed by atoms with Gasteiger partial charge in [0.25, 0.3) is 0 Å². The van der Waals surface area contributed by atoms with Crippen LogP contribution in [-0.2, 0) is 0 Å². The van der Waals surface area contributed by atoms with Crippen molar-refractivity contribution in [1.82, 2.24) is 20.3 Å². The van der Waals surface area contributed by atoms with E-state index in [9.17, 15) is 5.11 Å². The molecule has 0 amide bonds. The van der Waals surface area contributed by atoms with Crippen LogP contribution in [0.3, 0.4) is 0 Å². The van der Waals surface area contributed by atoms with Crippen molar-refractivity contribution in [3.63, 3.8) is 0 Å². The van der Waals surface area contributed by atoms with Gasteiger partial charge in [-0.15, -0.1) is 6.42 Å². The standard InChI is InChI=1S/C25H20FN5O/c1-2-14-4-3-5-15-8-18(32)9-19(21(14)15)23-22(26)24-20(10-27-23)25(29-13-28-24)31-11-16-6-7-17(12-31)30-16/h1,3-5,8-10,13,16-17,30,32H,6-7,11-12H2. The number of rotatable bonds is 2. The molecule has 2 atom stereocenters. The molecular weight excluding hydrogens is 405 g/mol. The Hall–Kier alpha value is -3.76. The summed E-state index contributed by atoms with van der Waals surface area (Å²) in [4.78, 5) is 15.4. The third-order valence-electron chi connectivity index (χ3n) is 6.49. The van der Waals surface area contributed by atoms with Gasteiger partial charge in [-0.25, -0.2) is 14.4 Å². The van der Waals surface area contributed by atoms with Gasteiger partial charge in [0, 0.05) is 47.9 Å². The molecule has 2 fully saturated rings. The lowest BCUT2D eigenvalue weighted by atomic mass is 9.96. The smallest absolute Gasteiger partial charge is 0.175 e. The maximum absolute atomic E-state index is 15.8. The Morgan fingerprint density at radius 1 is 1.12 bits per heavy atom. The van der Waals surface area contributed by atoms with E-state index in [4.69, 9.17) is 6.42 Å². The van der Waals surface area contributed by atoms with Crippen molar-refractivity contribution in [3.05, 3.63) is 54.2 Å². The predicted molar refractivity (Wildman–Crippen MR) is 122 cm³/mol. The molecule has 0 aliphatic carbocycles. The van der Waals surface area contributed by atoms with Gasteiger partial charge in [-0.3, -0.25) is 4.98 Å². The van der Waals surface area contributed by atoms with E-state index >= 15 is 4.39 Å². The number of piperazine rings is 1. The number of fused-ring (bicyclic) bond motifs is 4. The molecule has 7 heteroatoms. The number of halogens is 1. The molecule has 32 heavy (non-hydrogen) atoms. The van der Waals surface area contributed by atoms with Gasteiger partial charge in [-0.2, -0.15) is 0 Å². The van der Waals surface area contributed by atoms with Crippen molar-refractivity contribution in [3.8, 4) is 29.4 Å². The fourth-order valence-corrected chi connectivity index (χ4v) is 5.11. The first-order valence-corrected chi connectivity index (χ1v) is 10.7. The zero-order chi connectivity index (χ0) is 21.8. The number of nitrogens with zero attached hydrogens (tertiary/aromatic N) is 4. The largest absolute Gasteiger partial charge is 0.508 e. The number of phenols is 1. The van der Waals surface area contributed by atoms with Gasteiger partial charge in [0.1, 0.15) is 29.1 Å². The summed E-state index contributed by atoms with van der Waals surface area (Å²) in [6.07, 6.45) is 11.0. The van der Waals surface area contributed by atoms with E-state index < -0.39 is 5.82 Å². The highest BCUT2D eigenvalue weighted by molar-refractivity contribution is 6.02. The monoisotopic (exact) mass is 425 g/mol. The molecule has 158 valence electrons. The van der Waals surface area contributed by atoms with Crippen molar-refractivity contribution >= 4 is 27.5 Å². The first-order chi connectivity index (χ1) is 15.6. The number of hydrogen-bond acceptors (Lipinski definition) is 6. The zero-order valence-electron chi connectivity index (χ0n) is 17.2. The van der Waals surface area contributed by atoms with Gasteiger partial charge in [-0.05, 0) is 36.4 Å². The lowest BCUT2D eigenvalue weighted by Gasteiger charge is -2.34. The second-order valence-corrected chi connectivity index (χ2v) is 8.46. The van der Waals surface area contributed by atoms with Crippen LogP contribution in [0.5, 0.6) is 5.75 Å². The Morgan fingerprint density at radius 3 is 2.72 bits per heavy atom. The Balaban J connectivity index is 1.54. The van der Waals surface area contributed by atoms with Crippen molar-refractivity contribution in [2.45, 2.75) is 24.9 Å². The fraction of sp³-hybridized carbons (Fsp3) is 0.240. The number of terminal acetylenes is 1. The molecule has 2 aliphatic heterocycles. The topological polar surface area (TPSA) is 74.2 Å². The van der Waals surface area contributed by atoms with Crippen LogP contribution in [0.2, 0.25) is 0 Å². The lowest BCUT2D eigenvalue weighted by Crippen LogP contribution is -2.51. The molecule has 6 nitrogen and oxygen atoms in total. The van der Waals surface area contributed by atoms with E-state index in [2.05, 4.69) is 31.1 Å². The molecule has 0 saturated carbocycles. The summed E-state index contributed by atoms with van der Waals surface area (Å²) in [6, 6.07) is 9.39. The Labute approximate surface area is 184 Å². The highest BCUT2D eigenvalue weighted by atomic mass is 19.1. The summed E-state index contributed by atoms with van der Waals surface area (Å²) in [6.45, 7) is 1.66. The summed E-state index contributed by atoms with van der Waals surface area (Å²) in [7, 11) is 0. The Bertz CT molecular complexity index is 1420. The quantitative estimate of drug-likeness (QED) is 0.478. The van der Waals surface area contributed by atoms with Crippen LogP contribution in [0, 0.1) is 18.2 Å². The average Bonchev–Trinajstić information content (AvgIpc) is 3.15. The lowest BCUT2D eigenvalue weighted by molar-refractivity contribution is 0.464. The van der Waals surface area contributed by atoms with Gasteiger partial charge in [0.05, 0.1) is 5.39 Å². The zero-order valence-corrected chi connectivity index (χ0v) is 17.2. The first kappa shape index (κ1) is 19.0. The first-order valence-electron chi connectivity index (χ1n) is 10.7. The van der Waals surface area contributed by atoms with Crippen LogP contribution in [-0.4, -0.2) is 45.2 Å². The number of pyridine rings is 1. The van der Waals surface area contributed by atoms with Gasteiger partial charge >= 0.3 is 0 Å². The molecule has 6 rings (SSSR count). The summed E-state index contributed by atoms with van der Waals surface area (Å²) in [5, 5.41) is 15.8. The molecule has 2 aliphatic rings. The molecule has 4 heterocycles. The second-order valence-electron chi connectivity index (χ2n) is 8.46. The molecule has 2 aromatic heterocycles. The molecule has 2 unspecified atom stereocenters. The Morgan fingerprint density at radius 2 is 1.94 bits per heavy atom. The molecule has 0 spiro atoms. The van der Waals surface area contributed by atoms with E-state index in [1.165, 1.54) is 12.4 Å². The van der Waals surface area contributed by atoms with Gasteiger partial charge in [0.2, 0.25) is 0 Å². The minimum atomic E-state index is -0.553. The molecule has 0 radical (unpaired) electrons. The number of nitrogens with one attached hydrogen (secondary N) is 1. The van der Waals surface area contributed by atoms with E-state index in [1.54, 1.807) is 18.3 Å². The highest BCUT2D eigenvalue weighted by Gasteiger charge is 2.33. The number of benzene rings is 2. The summed E-state index contributed by atoms with van der Waals surface area (Å²) in [5.74, 6) is 2.82. The number of aromatic hydroxyl groups is 1. The number of hydrogen-bond donors (Lipinski definition) is 2. The Kier molecular flexibility index (Phi) is 4.23. The third kappa shape index (κ3) is 2.88. The van der Waals surface area contributed by atoms with Crippen LogP contribution < -0.4 is 10.2 Å². The molecule has 2 bridgehead atoms. The number of anilines is 1. The average molecular weight is 425 g/mol. The van der Waals surface area contributed by atoms with E-state index in [1.807, 2.05) is 12.1 Å². The molecule has 2 N–H and O–H groups in total. The second kappa shape index (κ2) is 7.14. The van der Waals surface area contributed by atoms with Gasteiger partial charge in [0.15, 0.2) is 5.82 Å². The minimum absolute atomic E-state index is 0.0163. The van der Waals surface area contributed by atoms with Crippen molar-refractivity contribution in [1.29, 1.82) is 0 Å². The molecule has 2 aromatic carbocycles. The summed E-state index contributed by atoms with van der Waals surface area (Å²) < 4.78 is 15.8. The van der Waals surface area contributed by atoms with E-state index in [-0.39, 0.29) is 17.0 Å². The fourth-order valence-electron chi connectivity index (χ4n) is 5.11.